The lowest BCUT2D eigenvalue weighted by Crippen LogP contribution is -1.88. The van der Waals surface area contributed by atoms with Gasteiger partial charge in [0.2, 0.25) is 0 Å². The Morgan fingerprint density at radius 1 is 0.938 bits per heavy atom. The highest BCUT2D eigenvalue weighted by atomic mass is 35.5. The Bertz CT molecular complexity index is 457. The molecule has 0 unspecified atom stereocenters. The molecule has 0 saturated carbocycles. The lowest BCUT2D eigenvalue weighted by Gasteiger charge is -2.08. The largest absolute Gasteiger partial charge is 0.0843 e. The van der Waals surface area contributed by atoms with Crippen LogP contribution in [0.4, 0.5) is 0 Å². The van der Waals surface area contributed by atoms with Crippen LogP contribution >= 0.6 is 11.6 Å². The van der Waals surface area contributed by atoms with Crippen molar-refractivity contribution in [1.29, 1.82) is 0 Å². The average Bonchev–Trinajstić information content (AvgIpc) is 2.32. The minimum Gasteiger partial charge on any atom is -0.0843 e. The zero-order valence-electron chi connectivity index (χ0n) is 9.41. The summed E-state index contributed by atoms with van der Waals surface area (Å²) in [6.45, 7) is 2.21. The van der Waals surface area contributed by atoms with E-state index in [4.69, 9.17) is 11.6 Å². The van der Waals surface area contributed by atoms with Crippen LogP contribution in [-0.4, -0.2) is 0 Å². The molecule has 0 aliphatic heterocycles. The monoisotopic (exact) mass is 230 g/mol. The SMILES string of the molecule is CCCc1ccccc1-c1ccc(Cl)cc1. The Morgan fingerprint density at radius 3 is 2.31 bits per heavy atom. The second-order valence-electron chi connectivity index (χ2n) is 3.91. The minimum atomic E-state index is 0.789. The number of benzene rings is 2. The summed E-state index contributed by atoms with van der Waals surface area (Å²) in [5, 5.41) is 0.789. The fourth-order valence-corrected chi connectivity index (χ4v) is 2.04. The van der Waals surface area contributed by atoms with Gasteiger partial charge < -0.3 is 0 Å². The molecule has 0 radical (unpaired) electrons. The van der Waals surface area contributed by atoms with Gasteiger partial charge >= 0.3 is 0 Å². The molecule has 0 heterocycles. The van der Waals surface area contributed by atoms with E-state index in [1.807, 2.05) is 12.1 Å². The highest BCUT2D eigenvalue weighted by Gasteiger charge is 2.03. The number of aryl methyl sites for hydroxylation is 1. The fourth-order valence-electron chi connectivity index (χ4n) is 1.92. The van der Waals surface area contributed by atoms with E-state index >= 15 is 0 Å². The molecule has 16 heavy (non-hydrogen) atoms. The quantitative estimate of drug-likeness (QED) is 0.699. The van der Waals surface area contributed by atoms with Crippen molar-refractivity contribution in [2.24, 2.45) is 0 Å². The van der Waals surface area contributed by atoms with Crippen LogP contribution < -0.4 is 0 Å². The number of hydrogen-bond donors (Lipinski definition) is 0. The van der Waals surface area contributed by atoms with Gasteiger partial charge in [-0.25, -0.2) is 0 Å². The van der Waals surface area contributed by atoms with E-state index < -0.39 is 0 Å². The molecule has 0 N–H and O–H groups in total. The van der Waals surface area contributed by atoms with Crippen LogP contribution in [-0.2, 0) is 6.42 Å². The van der Waals surface area contributed by atoms with Gasteiger partial charge in [0.05, 0.1) is 0 Å². The summed E-state index contributed by atoms with van der Waals surface area (Å²) in [7, 11) is 0. The number of rotatable bonds is 3. The first-order chi connectivity index (χ1) is 7.81. The Kier molecular flexibility index (Phi) is 3.63. The second-order valence-corrected chi connectivity index (χ2v) is 4.35. The molecule has 0 saturated heterocycles. The van der Waals surface area contributed by atoms with Gasteiger partial charge in [0.15, 0.2) is 0 Å². The topological polar surface area (TPSA) is 0 Å². The Balaban J connectivity index is 2.42. The maximum Gasteiger partial charge on any atom is 0.0406 e. The Labute approximate surface area is 102 Å². The van der Waals surface area contributed by atoms with Crippen LogP contribution in [0.15, 0.2) is 48.5 Å². The van der Waals surface area contributed by atoms with Crippen molar-refractivity contribution in [3.05, 3.63) is 59.1 Å². The van der Waals surface area contributed by atoms with Crippen LogP contribution in [0.3, 0.4) is 0 Å². The van der Waals surface area contributed by atoms with Crippen molar-refractivity contribution < 1.29 is 0 Å². The molecule has 0 amide bonds. The third kappa shape index (κ3) is 2.45. The van der Waals surface area contributed by atoms with E-state index in [0.29, 0.717) is 0 Å². The predicted molar refractivity (Wildman–Crippen MR) is 70.9 cm³/mol. The molecule has 2 aromatic carbocycles. The molecular formula is C15H15Cl. The van der Waals surface area contributed by atoms with Gasteiger partial charge in [0.25, 0.3) is 0 Å². The normalized spacial score (nSPS) is 10.4. The molecule has 1 heteroatoms. The lowest BCUT2D eigenvalue weighted by molar-refractivity contribution is 0.923. The first-order valence-electron chi connectivity index (χ1n) is 5.65. The van der Waals surface area contributed by atoms with E-state index in [9.17, 15) is 0 Å². The highest BCUT2D eigenvalue weighted by Crippen LogP contribution is 2.25. The summed E-state index contributed by atoms with van der Waals surface area (Å²) >= 11 is 5.90. The third-order valence-corrected chi connectivity index (χ3v) is 2.94. The maximum atomic E-state index is 5.90. The standard InChI is InChI=1S/C15H15Cl/c1-2-5-12-6-3-4-7-15(12)13-8-10-14(16)11-9-13/h3-4,6-11H,2,5H2,1H3. The van der Waals surface area contributed by atoms with Gasteiger partial charge in [-0.2, -0.15) is 0 Å². The summed E-state index contributed by atoms with van der Waals surface area (Å²) in [5.41, 5.74) is 3.97. The van der Waals surface area contributed by atoms with E-state index in [0.717, 1.165) is 11.4 Å². The van der Waals surface area contributed by atoms with Crippen molar-refractivity contribution in [3.8, 4) is 11.1 Å². The van der Waals surface area contributed by atoms with Gasteiger partial charge in [-0.15, -0.1) is 0 Å². The Morgan fingerprint density at radius 2 is 1.62 bits per heavy atom. The van der Waals surface area contributed by atoms with Crippen LogP contribution in [0.5, 0.6) is 0 Å². The summed E-state index contributed by atoms with van der Waals surface area (Å²) in [5.74, 6) is 0. The lowest BCUT2D eigenvalue weighted by atomic mass is 9.97. The van der Waals surface area contributed by atoms with Gasteiger partial charge in [0, 0.05) is 5.02 Å². The summed E-state index contributed by atoms with van der Waals surface area (Å²) in [4.78, 5) is 0. The molecule has 2 aromatic rings. The Hall–Kier alpha value is -1.27. The first kappa shape index (κ1) is 11.2. The van der Waals surface area contributed by atoms with Crippen LogP contribution in [0, 0.1) is 0 Å². The smallest absolute Gasteiger partial charge is 0.0406 e. The predicted octanol–water partition coefficient (Wildman–Crippen LogP) is 4.96. The molecule has 0 nitrogen and oxygen atoms in total. The molecule has 0 fully saturated rings. The van der Waals surface area contributed by atoms with Crippen molar-refractivity contribution >= 4 is 11.6 Å². The van der Waals surface area contributed by atoms with E-state index in [-0.39, 0.29) is 0 Å². The zero-order valence-corrected chi connectivity index (χ0v) is 10.2. The van der Waals surface area contributed by atoms with Crippen molar-refractivity contribution in [2.45, 2.75) is 19.8 Å². The fraction of sp³-hybridized carbons (Fsp3) is 0.200. The van der Waals surface area contributed by atoms with E-state index in [1.165, 1.54) is 23.1 Å². The minimum absolute atomic E-state index is 0.789. The van der Waals surface area contributed by atoms with Crippen LogP contribution in [0.2, 0.25) is 5.02 Å². The average molecular weight is 231 g/mol. The first-order valence-corrected chi connectivity index (χ1v) is 6.03. The summed E-state index contributed by atoms with van der Waals surface area (Å²) in [6, 6.07) is 16.6. The highest BCUT2D eigenvalue weighted by molar-refractivity contribution is 6.30. The van der Waals surface area contributed by atoms with Crippen molar-refractivity contribution in [3.63, 3.8) is 0 Å². The number of halogens is 1. The second kappa shape index (κ2) is 5.18. The molecule has 0 aliphatic carbocycles. The van der Waals surface area contributed by atoms with Gasteiger partial charge in [-0.05, 0) is 35.2 Å². The van der Waals surface area contributed by atoms with Crippen LogP contribution in [0.1, 0.15) is 18.9 Å². The molecule has 82 valence electrons. The molecule has 0 aliphatic rings. The van der Waals surface area contributed by atoms with Gasteiger partial charge in [-0.1, -0.05) is 61.3 Å². The summed E-state index contributed by atoms with van der Waals surface area (Å²) in [6.07, 6.45) is 2.30. The van der Waals surface area contributed by atoms with Gasteiger partial charge in [0.1, 0.15) is 0 Å². The molecule has 0 atom stereocenters. The third-order valence-electron chi connectivity index (χ3n) is 2.69. The molecule has 2 rings (SSSR count). The summed E-state index contributed by atoms with van der Waals surface area (Å²) < 4.78 is 0. The maximum absolute atomic E-state index is 5.90. The molecule has 0 bridgehead atoms. The molecule has 0 aromatic heterocycles. The van der Waals surface area contributed by atoms with Crippen molar-refractivity contribution in [1.82, 2.24) is 0 Å². The van der Waals surface area contributed by atoms with Crippen molar-refractivity contribution in [2.75, 3.05) is 0 Å². The molecular weight excluding hydrogens is 216 g/mol. The zero-order chi connectivity index (χ0) is 11.4. The van der Waals surface area contributed by atoms with Crippen LogP contribution in [0.25, 0.3) is 11.1 Å². The number of hydrogen-bond acceptors (Lipinski definition) is 0. The molecule has 0 spiro atoms. The van der Waals surface area contributed by atoms with Gasteiger partial charge in [-0.3, -0.25) is 0 Å². The van der Waals surface area contributed by atoms with E-state index in [1.54, 1.807) is 0 Å². The van der Waals surface area contributed by atoms with E-state index in [2.05, 4.69) is 43.3 Å².